The lowest BCUT2D eigenvalue weighted by molar-refractivity contribution is 0.175. The second kappa shape index (κ2) is 6.64. The Kier molecular flexibility index (Phi) is 4.42. The third kappa shape index (κ3) is 3.47. The number of fused-ring (bicyclic) bond motifs is 1. The lowest BCUT2D eigenvalue weighted by Crippen LogP contribution is -2.26. The quantitative estimate of drug-likeness (QED) is 0.793. The Hall–Kier alpha value is -2.30. The third-order valence-electron chi connectivity index (χ3n) is 3.64. The molecule has 1 aliphatic heterocycles. The minimum Gasteiger partial charge on any atom is -0.508 e. The number of para-hydroxylation sites is 1. The molecule has 0 amide bonds. The van der Waals surface area contributed by atoms with E-state index in [9.17, 15) is 10.2 Å². The predicted octanol–water partition coefficient (Wildman–Crippen LogP) is 2.49. The van der Waals surface area contributed by atoms with Crippen LogP contribution in [0.2, 0.25) is 0 Å². The molecule has 22 heavy (non-hydrogen) atoms. The third-order valence-corrected chi connectivity index (χ3v) is 3.64. The van der Waals surface area contributed by atoms with Crippen LogP contribution in [0.5, 0.6) is 11.5 Å². The monoisotopic (exact) mass is 297 g/mol. The van der Waals surface area contributed by atoms with Crippen molar-refractivity contribution >= 4 is 6.08 Å². The summed E-state index contributed by atoms with van der Waals surface area (Å²) in [6.07, 6.45) is 1.47. The molecular formula is C18H19NO3. The zero-order chi connectivity index (χ0) is 15.4. The molecule has 0 saturated heterocycles. The predicted molar refractivity (Wildman–Crippen MR) is 85.9 cm³/mol. The van der Waals surface area contributed by atoms with Gasteiger partial charge in [0, 0.05) is 18.7 Å². The average molecular weight is 297 g/mol. The second-order valence-electron chi connectivity index (χ2n) is 5.37. The summed E-state index contributed by atoms with van der Waals surface area (Å²) in [5, 5.41) is 22.8. The first-order valence-corrected chi connectivity index (χ1v) is 7.31. The van der Waals surface area contributed by atoms with Crippen LogP contribution in [0.1, 0.15) is 17.2 Å². The van der Waals surface area contributed by atoms with E-state index < -0.39 is 6.10 Å². The van der Waals surface area contributed by atoms with Crippen molar-refractivity contribution in [1.82, 2.24) is 5.32 Å². The number of hydrogen-bond acceptors (Lipinski definition) is 4. The van der Waals surface area contributed by atoms with E-state index in [1.165, 1.54) is 0 Å². The van der Waals surface area contributed by atoms with Gasteiger partial charge in [0.2, 0.25) is 0 Å². The summed E-state index contributed by atoms with van der Waals surface area (Å²) < 4.78 is 5.69. The van der Waals surface area contributed by atoms with E-state index >= 15 is 0 Å². The van der Waals surface area contributed by atoms with Gasteiger partial charge in [0.25, 0.3) is 0 Å². The lowest BCUT2D eigenvalue weighted by atomic mass is 10.1. The van der Waals surface area contributed by atoms with Crippen LogP contribution in [0, 0.1) is 0 Å². The van der Waals surface area contributed by atoms with Crippen LogP contribution in [-0.4, -0.2) is 29.9 Å². The number of phenolic OH excluding ortho intramolecular Hbond substituents is 1. The van der Waals surface area contributed by atoms with Gasteiger partial charge >= 0.3 is 0 Å². The van der Waals surface area contributed by atoms with Gasteiger partial charge in [-0.3, -0.25) is 0 Å². The molecule has 1 aliphatic rings. The number of ether oxygens (including phenoxy) is 1. The summed E-state index contributed by atoms with van der Waals surface area (Å²) in [6, 6.07) is 14.6. The SMILES string of the molecule is Oc1cccc(C(O)CNCC2=Cc3ccccc3OC2)c1. The number of aliphatic hydroxyl groups excluding tert-OH is 1. The Bertz CT molecular complexity index is 682. The molecule has 1 heterocycles. The fourth-order valence-electron chi connectivity index (χ4n) is 2.48. The van der Waals surface area contributed by atoms with Crippen molar-refractivity contribution in [2.45, 2.75) is 6.10 Å². The van der Waals surface area contributed by atoms with Gasteiger partial charge in [-0.05, 0) is 35.4 Å². The molecule has 2 aromatic carbocycles. The molecule has 1 unspecified atom stereocenters. The van der Waals surface area contributed by atoms with Crippen LogP contribution in [-0.2, 0) is 0 Å². The minimum atomic E-state index is -0.649. The molecule has 1 atom stereocenters. The van der Waals surface area contributed by atoms with Gasteiger partial charge in [0.15, 0.2) is 0 Å². The number of nitrogens with one attached hydrogen (secondary N) is 1. The van der Waals surface area contributed by atoms with Gasteiger partial charge < -0.3 is 20.3 Å². The van der Waals surface area contributed by atoms with Crippen molar-refractivity contribution in [3.63, 3.8) is 0 Å². The maximum absolute atomic E-state index is 10.1. The zero-order valence-electron chi connectivity index (χ0n) is 12.2. The van der Waals surface area contributed by atoms with Crippen LogP contribution in [0.4, 0.5) is 0 Å². The van der Waals surface area contributed by atoms with Gasteiger partial charge in [0.05, 0.1) is 6.10 Å². The summed E-state index contributed by atoms with van der Waals surface area (Å²) in [4.78, 5) is 0. The van der Waals surface area contributed by atoms with Crippen LogP contribution in [0.15, 0.2) is 54.1 Å². The summed E-state index contributed by atoms with van der Waals surface area (Å²) in [7, 11) is 0. The zero-order valence-corrected chi connectivity index (χ0v) is 12.2. The maximum Gasteiger partial charge on any atom is 0.127 e. The van der Waals surface area contributed by atoms with Crippen molar-refractivity contribution in [3.05, 3.63) is 65.2 Å². The van der Waals surface area contributed by atoms with Crippen molar-refractivity contribution < 1.29 is 14.9 Å². The van der Waals surface area contributed by atoms with E-state index in [1.807, 2.05) is 24.3 Å². The first kappa shape index (κ1) is 14.6. The molecule has 0 fully saturated rings. The van der Waals surface area contributed by atoms with Crippen LogP contribution in [0.25, 0.3) is 6.08 Å². The highest BCUT2D eigenvalue weighted by Gasteiger charge is 2.12. The van der Waals surface area contributed by atoms with Gasteiger partial charge in [-0.25, -0.2) is 0 Å². The molecule has 3 N–H and O–H groups in total. The molecule has 0 aliphatic carbocycles. The fraction of sp³-hybridized carbons (Fsp3) is 0.222. The number of aromatic hydroxyl groups is 1. The molecule has 0 saturated carbocycles. The van der Waals surface area contributed by atoms with Gasteiger partial charge in [0.1, 0.15) is 18.1 Å². The molecule has 0 aromatic heterocycles. The Morgan fingerprint density at radius 2 is 2.00 bits per heavy atom. The first-order valence-electron chi connectivity index (χ1n) is 7.31. The molecule has 3 rings (SSSR count). The smallest absolute Gasteiger partial charge is 0.127 e. The number of aliphatic hydroxyl groups is 1. The van der Waals surface area contributed by atoms with Gasteiger partial charge in [-0.1, -0.05) is 30.3 Å². The molecule has 0 bridgehead atoms. The normalized spacial score (nSPS) is 14.7. The minimum absolute atomic E-state index is 0.163. The van der Waals surface area contributed by atoms with E-state index in [0.717, 1.165) is 16.9 Å². The van der Waals surface area contributed by atoms with E-state index in [1.54, 1.807) is 24.3 Å². The highest BCUT2D eigenvalue weighted by atomic mass is 16.5. The van der Waals surface area contributed by atoms with Crippen LogP contribution < -0.4 is 10.1 Å². The topological polar surface area (TPSA) is 61.7 Å². The van der Waals surface area contributed by atoms with E-state index in [4.69, 9.17) is 4.74 Å². The van der Waals surface area contributed by atoms with Gasteiger partial charge in [-0.2, -0.15) is 0 Å². The highest BCUT2D eigenvalue weighted by Crippen LogP contribution is 2.25. The largest absolute Gasteiger partial charge is 0.508 e. The molecule has 0 spiro atoms. The fourth-order valence-corrected chi connectivity index (χ4v) is 2.48. The molecule has 0 radical (unpaired) electrons. The Balaban J connectivity index is 1.55. The van der Waals surface area contributed by atoms with Gasteiger partial charge in [-0.15, -0.1) is 0 Å². The van der Waals surface area contributed by atoms with Crippen molar-refractivity contribution in [2.24, 2.45) is 0 Å². The summed E-state index contributed by atoms with van der Waals surface area (Å²) in [5.41, 5.74) is 2.92. The number of phenols is 1. The van der Waals surface area contributed by atoms with Crippen molar-refractivity contribution in [1.29, 1.82) is 0 Å². The summed E-state index contributed by atoms with van der Waals surface area (Å²) in [6.45, 7) is 1.64. The van der Waals surface area contributed by atoms with Crippen LogP contribution in [0.3, 0.4) is 0 Å². The summed E-state index contributed by atoms with van der Waals surface area (Å²) >= 11 is 0. The number of rotatable bonds is 5. The van der Waals surface area contributed by atoms with E-state index in [2.05, 4.69) is 11.4 Å². The molecular weight excluding hydrogens is 278 g/mol. The second-order valence-corrected chi connectivity index (χ2v) is 5.37. The van der Waals surface area contributed by atoms with E-state index in [0.29, 0.717) is 25.3 Å². The Labute approximate surface area is 129 Å². The van der Waals surface area contributed by atoms with Crippen molar-refractivity contribution in [2.75, 3.05) is 19.7 Å². The van der Waals surface area contributed by atoms with Crippen LogP contribution >= 0.6 is 0 Å². The first-order chi connectivity index (χ1) is 10.7. The standard InChI is InChI=1S/C18H19NO3/c20-16-6-3-5-14(9-16)17(21)11-19-10-13-8-15-4-1-2-7-18(15)22-12-13/h1-9,17,19-21H,10-12H2. The summed E-state index contributed by atoms with van der Waals surface area (Å²) in [5.74, 6) is 1.07. The highest BCUT2D eigenvalue weighted by molar-refractivity contribution is 5.62. The number of hydrogen-bond donors (Lipinski definition) is 3. The lowest BCUT2D eigenvalue weighted by Gasteiger charge is -2.19. The van der Waals surface area contributed by atoms with E-state index in [-0.39, 0.29) is 5.75 Å². The average Bonchev–Trinajstić information content (AvgIpc) is 2.54. The molecule has 4 heteroatoms. The van der Waals surface area contributed by atoms with Crippen molar-refractivity contribution in [3.8, 4) is 11.5 Å². The maximum atomic E-state index is 10.1. The molecule has 2 aromatic rings. The molecule has 114 valence electrons. The Morgan fingerprint density at radius 1 is 1.14 bits per heavy atom. The Morgan fingerprint density at radius 3 is 2.86 bits per heavy atom. The molecule has 4 nitrogen and oxygen atoms in total. The number of benzene rings is 2.